The van der Waals surface area contributed by atoms with Crippen molar-refractivity contribution in [1.82, 2.24) is 20.4 Å². The van der Waals surface area contributed by atoms with Crippen molar-refractivity contribution in [3.05, 3.63) is 95.4 Å². The smallest absolute Gasteiger partial charge is 0.393 e. The van der Waals surface area contributed by atoms with Gasteiger partial charge >= 0.3 is 6.18 Å². The van der Waals surface area contributed by atoms with Crippen LogP contribution in [0.1, 0.15) is 36.0 Å². The fraction of sp³-hybridized carbons (Fsp3) is 0.290. The predicted octanol–water partition coefficient (Wildman–Crippen LogP) is 6.45. The summed E-state index contributed by atoms with van der Waals surface area (Å²) in [6.07, 6.45) is -4.45. The largest absolute Gasteiger partial charge is 0.492 e. The molecule has 0 atom stereocenters. The van der Waals surface area contributed by atoms with Crippen molar-refractivity contribution in [3.8, 4) is 5.75 Å². The number of halogens is 4. The van der Waals surface area contributed by atoms with Crippen LogP contribution in [0.25, 0.3) is 22.0 Å². The minimum absolute atomic E-state index is 0.0759. The average Bonchev–Trinajstić information content (AvgIpc) is 3.32. The van der Waals surface area contributed by atoms with Crippen molar-refractivity contribution in [1.29, 1.82) is 0 Å². The molecule has 6 nitrogen and oxygen atoms in total. The van der Waals surface area contributed by atoms with E-state index in [1.165, 1.54) is 6.07 Å². The molecular weight excluding hydrogens is 536 g/mol. The number of aromatic nitrogens is 2. The zero-order valence-corrected chi connectivity index (χ0v) is 22.9. The Labute approximate surface area is 236 Å². The van der Waals surface area contributed by atoms with E-state index >= 15 is 0 Å². The average molecular weight is 569 g/mol. The Morgan fingerprint density at radius 3 is 2.34 bits per heavy atom. The first-order valence-corrected chi connectivity index (χ1v) is 13.3. The van der Waals surface area contributed by atoms with Crippen LogP contribution in [0.4, 0.5) is 17.6 Å². The molecule has 0 aliphatic carbocycles. The highest BCUT2D eigenvalue weighted by molar-refractivity contribution is 6.00. The molecule has 0 bridgehead atoms. The maximum atomic E-state index is 14.4. The Bertz CT molecular complexity index is 1480. The summed E-state index contributed by atoms with van der Waals surface area (Å²) in [6, 6.07) is 20.0. The summed E-state index contributed by atoms with van der Waals surface area (Å²) in [7, 11) is 3.45. The van der Waals surface area contributed by atoms with Crippen LogP contribution in [0.3, 0.4) is 0 Å². The molecule has 4 aromatic rings. The Balaban J connectivity index is 1.58. The number of rotatable bonds is 12. The minimum Gasteiger partial charge on any atom is -0.492 e. The van der Waals surface area contributed by atoms with Crippen LogP contribution in [0.2, 0.25) is 0 Å². The molecule has 0 fully saturated rings. The molecule has 10 heteroatoms. The Kier molecular flexibility index (Phi) is 9.78. The molecule has 0 saturated heterocycles. The van der Waals surface area contributed by atoms with E-state index in [9.17, 15) is 22.4 Å². The molecule has 41 heavy (non-hydrogen) atoms. The molecule has 0 unspecified atom stereocenters. The lowest BCUT2D eigenvalue weighted by molar-refractivity contribution is -0.128. The van der Waals surface area contributed by atoms with Crippen LogP contribution in [0.5, 0.6) is 5.75 Å². The first-order valence-electron chi connectivity index (χ1n) is 13.3. The molecule has 2 N–H and O–H groups in total. The highest BCUT2D eigenvalue weighted by Gasteiger charge is 2.31. The third-order valence-corrected chi connectivity index (χ3v) is 6.53. The molecule has 1 amide bonds. The van der Waals surface area contributed by atoms with E-state index in [1.807, 2.05) is 0 Å². The van der Waals surface area contributed by atoms with Gasteiger partial charge < -0.3 is 15.0 Å². The highest BCUT2D eigenvalue weighted by atomic mass is 19.4. The summed E-state index contributed by atoms with van der Waals surface area (Å²) in [5.74, 6) is -0.0110. The van der Waals surface area contributed by atoms with Gasteiger partial charge in [-0.15, -0.1) is 0 Å². The summed E-state index contributed by atoms with van der Waals surface area (Å²) in [5.41, 5.74) is 2.19. The van der Waals surface area contributed by atoms with Gasteiger partial charge in [-0.25, -0.2) is 0 Å². The van der Waals surface area contributed by atoms with E-state index in [0.717, 1.165) is 6.42 Å². The highest BCUT2D eigenvalue weighted by Crippen LogP contribution is 2.40. The van der Waals surface area contributed by atoms with Crippen molar-refractivity contribution in [2.45, 2.75) is 25.4 Å². The summed E-state index contributed by atoms with van der Waals surface area (Å²) in [6.45, 7) is 1.63. The summed E-state index contributed by atoms with van der Waals surface area (Å²) in [5, 5.41) is 9.60. The van der Waals surface area contributed by atoms with Gasteiger partial charge in [-0.3, -0.25) is 9.89 Å². The maximum absolute atomic E-state index is 14.4. The molecule has 3 aromatic carbocycles. The van der Waals surface area contributed by atoms with E-state index < -0.39 is 18.5 Å². The number of aromatic amines is 1. The van der Waals surface area contributed by atoms with Gasteiger partial charge in [0.15, 0.2) is 0 Å². The monoisotopic (exact) mass is 568 g/mol. The first-order chi connectivity index (χ1) is 19.6. The Morgan fingerprint density at radius 2 is 1.66 bits per heavy atom. The number of nitrogens with one attached hydrogen (secondary N) is 2. The van der Waals surface area contributed by atoms with Gasteiger partial charge in [-0.05, 0) is 65.1 Å². The number of hydrogen-bond donors (Lipinski definition) is 2. The van der Waals surface area contributed by atoms with Gasteiger partial charge in [0.1, 0.15) is 12.4 Å². The van der Waals surface area contributed by atoms with Gasteiger partial charge in [-0.2, -0.15) is 22.7 Å². The van der Waals surface area contributed by atoms with Gasteiger partial charge in [0.25, 0.3) is 0 Å². The fourth-order valence-corrected chi connectivity index (χ4v) is 4.50. The van der Waals surface area contributed by atoms with Crippen molar-refractivity contribution in [2.75, 3.05) is 33.8 Å². The molecule has 0 aliphatic heterocycles. The van der Waals surface area contributed by atoms with Crippen LogP contribution in [0, 0.1) is 5.95 Å². The predicted molar refractivity (Wildman–Crippen MR) is 152 cm³/mol. The zero-order valence-electron chi connectivity index (χ0n) is 22.9. The van der Waals surface area contributed by atoms with Crippen LogP contribution < -0.4 is 10.1 Å². The van der Waals surface area contributed by atoms with E-state index in [2.05, 4.69) is 15.5 Å². The molecular formula is C31H32F4N4O2. The number of amides is 1. The van der Waals surface area contributed by atoms with Crippen molar-refractivity contribution < 1.29 is 27.1 Å². The number of allylic oxidation sites excluding steroid dienone is 1. The third kappa shape index (κ3) is 8.17. The maximum Gasteiger partial charge on any atom is 0.393 e. The standard InChI is InChI=1S/C31H32F4N4O2/c1-39(2)28(40)9-6-16-36-17-18-41-24-13-10-22(11-14-24)29(23-12-15-27-25(19-23)30(32)38-37-27)26(20-31(33,34)35)21-7-4-3-5-8-21/h3-5,7-8,10-15,19,36H,6,9,16-18,20H2,1-2H3,(H,37,38). The SMILES string of the molecule is CN(C)C(=O)CCCNCCOc1ccc(C(=C(CC(F)(F)F)c2ccccc2)c2ccc3n[nH]c(F)c3c2)cc1. The lowest BCUT2D eigenvalue weighted by Crippen LogP contribution is -2.25. The summed E-state index contributed by atoms with van der Waals surface area (Å²) >= 11 is 0. The second-order valence-electron chi connectivity index (χ2n) is 9.80. The number of alkyl halides is 3. The van der Waals surface area contributed by atoms with Crippen molar-refractivity contribution >= 4 is 28.0 Å². The number of hydrogen-bond acceptors (Lipinski definition) is 4. The van der Waals surface area contributed by atoms with Crippen LogP contribution in [0.15, 0.2) is 72.8 Å². The van der Waals surface area contributed by atoms with Crippen LogP contribution >= 0.6 is 0 Å². The van der Waals surface area contributed by atoms with Crippen molar-refractivity contribution in [2.24, 2.45) is 0 Å². The zero-order chi connectivity index (χ0) is 29.4. The fourth-order valence-electron chi connectivity index (χ4n) is 4.50. The lowest BCUT2D eigenvalue weighted by Gasteiger charge is -2.19. The quantitative estimate of drug-likeness (QED) is 0.117. The molecule has 4 rings (SSSR count). The van der Waals surface area contributed by atoms with Crippen LogP contribution in [-0.2, 0) is 4.79 Å². The van der Waals surface area contributed by atoms with Gasteiger partial charge in [0.2, 0.25) is 11.9 Å². The summed E-state index contributed by atoms with van der Waals surface area (Å²) in [4.78, 5) is 13.2. The van der Waals surface area contributed by atoms with E-state index in [1.54, 1.807) is 85.7 Å². The number of ether oxygens (including phenoxy) is 1. The molecule has 1 aromatic heterocycles. The molecule has 0 aliphatic rings. The van der Waals surface area contributed by atoms with Gasteiger partial charge in [-0.1, -0.05) is 48.5 Å². The summed E-state index contributed by atoms with van der Waals surface area (Å²) < 4.78 is 61.8. The minimum atomic E-state index is -4.47. The molecule has 216 valence electrons. The molecule has 1 heterocycles. The third-order valence-electron chi connectivity index (χ3n) is 6.53. The molecule has 0 saturated carbocycles. The van der Waals surface area contributed by atoms with Crippen molar-refractivity contribution in [3.63, 3.8) is 0 Å². The second-order valence-corrected chi connectivity index (χ2v) is 9.80. The van der Waals surface area contributed by atoms with Gasteiger partial charge in [0.05, 0.1) is 17.3 Å². The van der Waals surface area contributed by atoms with E-state index in [-0.39, 0.29) is 16.9 Å². The number of carbonyl (C=O) groups is 1. The number of fused-ring (bicyclic) bond motifs is 1. The number of carbonyl (C=O) groups excluding carboxylic acids is 1. The van der Waals surface area contributed by atoms with Crippen LogP contribution in [-0.4, -0.2) is 61.0 Å². The van der Waals surface area contributed by atoms with Gasteiger partial charge in [0, 0.05) is 27.1 Å². The number of H-pyrrole nitrogens is 1. The second kappa shape index (κ2) is 13.5. The Morgan fingerprint density at radius 1 is 0.951 bits per heavy atom. The topological polar surface area (TPSA) is 70.2 Å². The van der Waals surface area contributed by atoms with E-state index in [0.29, 0.717) is 59.6 Å². The van der Waals surface area contributed by atoms with E-state index in [4.69, 9.17) is 4.74 Å². The Hall–Kier alpha value is -4.18. The normalized spacial score (nSPS) is 12.3. The number of benzene rings is 3. The molecule has 0 spiro atoms. The number of nitrogens with zero attached hydrogens (tertiary/aromatic N) is 2. The lowest BCUT2D eigenvalue weighted by atomic mass is 9.87. The first kappa shape index (κ1) is 29.8. The molecule has 0 radical (unpaired) electrons.